The van der Waals surface area contributed by atoms with Gasteiger partial charge in [0.05, 0.1) is 12.7 Å². The Morgan fingerprint density at radius 2 is 1.25 bits per heavy atom. The Balaban J connectivity index is 1.16. The third kappa shape index (κ3) is 5.35. The molecule has 0 spiro atoms. The molecule has 2 aromatic carbocycles. The number of halogens is 4. The van der Waals surface area contributed by atoms with E-state index in [0.29, 0.717) is 41.2 Å². The van der Waals surface area contributed by atoms with Gasteiger partial charge in [0.1, 0.15) is 6.10 Å². The standard InChI is InChI=1S/C30H36F4O2/c1-17(35)19-8-10-21(11-9-19)24-15-14-23(28(32)29(24)33)20-5-2-18(3-6-20)4-7-22-12-13-25(26-16-36-26)30(34)27(22)31/h12-15,17-21,26,35H,2-11,16H2,1H3. The quantitative estimate of drug-likeness (QED) is 0.307. The molecule has 2 nitrogen and oxygen atoms in total. The molecule has 0 amide bonds. The Bertz CT molecular complexity index is 1070. The van der Waals surface area contributed by atoms with E-state index >= 15 is 8.78 Å². The van der Waals surface area contributed by atoms with Crippen LogP contribution in [-0.2, 0) is 11.2 Å². The summed E-state index contributed by atoms with van der Waals surface area (Å²) in [5.41, 5.74) is 1.63. The minimum Gasteiger partial charge on any atom is -0.393 e. The lowest BCUT2D eigenvalue weighted by molar-refractivity contribution is 0.0963. The number of benzene rings is 2. The van der Waals surface area contributed by atoms with Gasteiger partial charge in [-0.05, 0) is 111 Å². The zero-order valence-corrected chi connectivity index (χ0v) is 20.9. The molecule has 0 bridgehead atoms. The number of epoxide rings is 1. The largest absolute Gasteiger partial charge is 0.393 e. The smallest absolute Gasteiger partial charge is 0.164 e. The minimum atomic E-state index is -0.796. The lowest BCUT2D eigenvalue weighted by Gasteiger charge is -2.32. The summed E-state index contributed by atoms with van der Waals surface area (Å²) in [6.45, 7) is 2.24. The highest BCUT2D eigenvalue weighted by Gasteiger charge is 2.32. The summed E-state index contributed by atoms with van der Waals surface area (Å²) < 4.78 is 64.1. The third-order valence-electron chi connectivity index (χ3n) is 9.02. The van der Waals surface area contributed by atoms with E-state index < -0.39 is 23.3 Å². The van der Waals surface area contributed by atoms with Gasteiger partial charge in [0.15, 0.2) is 23.3 Å². The molecule has 1 N–H and O–H groups in total. The van der Waals surface area contributed by atoms with Gasteiger partial charge < -0.3 is 9.84 Å². The minimum absolute atomic E-state index is 0.00962. The van der Waals surface area contributed by atoms with E-state index in [-0.39, 0.29) is 30.0 Å². The molecule has 1 heterocycles. The Morgan fingerprint density at radius 3 is 1.78 bits per heavy atom. The van der Waals surface area contributed by atoms with Crippen LogP contribution in [0.2, 0.25) is 0 Å². The van der Waals surface area contributed by atoms with Gasteiger partial charge in [-0.2, -0.15) is 0 Å². The first kappa shape index (κ1) is 25.7. The first-order chi connectivity index (χ1) is 17.3. The van der Waals surface area contributed by atoms with Gasteiger partial charge in [-0.1, -0.05) is 24.3 Å². The van der Waals surface area contributed by atoms with E-state index in [9.17, 15) is 13.9 Å². The monoisotopic (exact) mass is 504 g/mol. The predicted molar refractivity (Wildman–Crippen MR) is 131 cm³/mol. The van der Waals surface area contributed by atoms with Crippen molar-refractivity contribution in [3.63, 3.8) is 0 Å². The normalized spacial score (nSPS) is 29.2. The Hall–Kier alpha value is -1.92. The van der Waals surface area contributed by atoms with E-state index in [1.807, 2.05) is 0 Å². The highest BCUT2D eigenvalue weighted by molar-refractivity contribution is 5.32. The molecule has 1 aliphatic heterocycles. The van der Waals surface area contributed by atoms with Crippen LogP contribution in [0.3, 0.4) is 0 Å². The molecule has 2 aromatic rings. The second-order valence-corrected chi connectivity index (χ2v) is 11.2. The fourth-order valence-electron chi connectivity index (χ4n) is 6.52. The van der Waals surface area contributed by atoms with Crippen LogP contribution in [0.1, 0.15) is 105 Å². The zero-order valence-electron chi connectivity index (χ0n) is 20.9. The van der Waals surface area contributed by atoms with Crippen LogP contribution >= 0.6 is 0 Å². The third-order valence-corrected chi connectivity index (χ3v) is 9.02. The molecule has 36 heavy (non-hydrogen) atoms. The number of hydrogen-bond donors (Lipinski definition) is 1. The first-order valence-electron chi connectivity index (χ1n) is 13.6. The van der Waals surface area contributed by atoms with Crippen molar-refractivity contribution < 1.29 is 27.4 Å². The summed E-state index contributed by atoms with van der Waals surface area (Å²) in [5, 5.41) is 9.81. The predicted octanol–water partition coefficient (Wildman–Crippen LogP) is 7.88. The van der Waals surface area contributed by atoms with Gasteiger partial charge in [-0.25, -0.2) is 17.6 Å². The van der Waals surface area contributed by atoms with Gasteiger partial charge >= 0.3 is 0 Å². The van der Waals surface area contributed by atoms with Gasteiger partial charge in [0.25, 0.3) is 0 Å². The van der Waals surface area contributed by atoms with Gasteiger partial charge in [0.2, 0.25) is 0 Å². The summed E-state index contributed by atoms with van der Waals surface area (Å²) in [5.74, 6) is -2.36. The first-order valence-corrected chi connectivity index (χ1v) is 13.6. The van der Waals surface area contributed by atoms with Crippen molar-refractivity contribution in [2.75, 3.05) is 6.61 Å². The van der Waals surface area contributed by atoms with E-state index in [1.54, 1.807) is 31.2 Å². The Labute approximate surface area is 211 Å². The second-order valence-electron chi connectivity index (χ2n) is 11.2. The number of hydrogen-bond acceptors (Lipinski definition) is 2. The number of ether oxygens (including phenoxy) is 1. The molecule has 6 heteroatoms. The van der Waals surface area contributed by atoms with Crippen molar-refractivity contribution in [2.45, 2.75) is 95.2 Å². The van der Waals surface area contributed by atoms with Crippen molar-refractivity contribution >= 4 is 0 Å². The molecule has 196 valence electrons. The van der Waals surface area contributed by atoms with Crippen molar-refractivity contribution in [1.29, 1.82) is 0 Å². The second kappa shape index (κ2) is 10.8. The van der Waals surface area contributed by atoms with Crippen LogP contribution in [-0.4, -0.2) is 17.8 Å². The maximum Gasteiger partial charge on any atom is 0.164 e. The molecule has 0 radical (unpaired) electrons. The summed E-state index contributed by atoms with van der Waals surface area (Å²) in [6, 6.07) is 6.85. The molecule has 2 saturated carbocycles. The van der Waals surface area contributed by atoms with Crippen LogP contribution in [0.4, 0.5) is 17.6 Å². The number of aliphatic hydroxyl groups excluding tert-OH is 1. The molecule has 2 unspecified atom stereocenters. The lowest BCUT2D eigenvalue weighted by Crippen LogP contribution is -2.23. The molecular weight excluding hydrogens is 468 g/mol. The summed E-state index contributed by atoms with van der Waals surface area (Å²) in [4.78, 5) is 0. The molecular formula is C30H36F4O2. The zero-order chi connectivity index (χ0) is 25.4. The van der Waals surface area contributed by atoms with E-state index in [1.165, 1.54) is 0 Å². The highest BCUT2D eigenvalue weighted by atomic mass is 19.2. The molecule has 0 aromatic heterocycles. The number of aliphatic hydroxyl groups is 1. The van der Waals surface area contributed by atoms with Crippen LogP contribution < -0.4 is 0 Å². The summed E-state index contributed by atoms with van der Waals surface area (Å²) in [7, 11) is 0. The van der Waals surface area contributed by atoms with Crippen molar-refractivity contribution in [2.24, 2.45) is 11.8 Å². The van der Waals surface area contributed by atoms with Crippen LogP contribution in [0.15, 0.2) is 24.3 Å². The maximum absolute atomic E-state index is 15.1. The number of aryl methyl sites for hydroxylation is 1. The molecule has 3 aliphatic rings. The fraction of sp³-hybridized carbons (Fsp3) is 0.600. The average molecular weight is 505 g/mol. The Morgan fingerprint density at radius 1 is 0.750 bits per heavy atom. The topological polar surface area (TPSA) is 32.8 Å². The fourth-order valence-corrected chi connectivity index (χ4v) is 6.52. The molecule has 2 atom stereocenters. The maximum atomic E-state index is 15.1. The summed E-state index contributed by atoms with van der Waals surface area (Å²) in [6.07, 6.45) is 7.08. The molecule has 3 fully saturated rings. The van der Waals surface area contributed by atoms with Gasteiger partial charge in [0, 0.05) is 5.56 Å². The lowest BCUT2D eigenvalue weighted by atomic mass is 9.74. The van der Waals surface area contributed by atoms with Crippen molar-refractivity contribution in [3.05, 3.63) is 69.8 Å². The van der Waals surface area contributed by atoms with E-state index in [4.69, 9.17) is 4.74 Å². The molecule has 1 saturated heterocycles. The van der Waals surface area contributed by atoms with Crippen LogP contribution in [0.5, 0.6) is 0 Å². The van der Waals surface area contributed by atoms with Crippen molar-refractivity contribution in [3.8, 4) is 0 Å². The van der Waals surface area contributed by atoms with Gasteiger partial charge in [-0.3, -0.25) is 0 Å². The molecule has 2 aliphatic carbocycles. The van der Waals surface area contributed by atoms with Crippen molar-refractivity contribution in [1.82, 2.24) is 0 Å². The Kier molecular flexibility index (Phi) is 7.73. The summed E-state index contributed by atoms with van der Waals surface area (Å²) >= 11 is 0. The molecule has 5 rings (SSSR count). The number of rotatable bonds is 7. The average Bonchev–Trinajstić information content (AvgIpc) is 3.72. The van der Waals surface area contributed by atoms with E-state index in [0.717, 1.165) is 57.8 Å². The highest BCUT2D eigenvalue weighted by Crippen LogP contribution is 2.42. The van der Waals surface area contributed by atoms with Gasteiger partial charge in [-0.15, -0.1) is 0 Å². The van der Waals surface area contributed by atoms with Crippen LogP contribution in [0, 0.1) is 35.1 Å². The van der Waals surface area contributed by atoms with Crippen LogP contribution in [0.25, 0.3) is 0 Å². The SMILES string of the molecule is CC(O)C1CCC(c2ccc(C3CCC(CCc4ccc(C5CO5)c(F)c4F)CC3)c(F)c2F)CC1. The van der Waals surface area contributed by atoms with E-state index in [2.05, 4.69) is 0 Å².